The second-order valence-corrected chi connectivity index (χ2v) is 8.44. The van der Waals surface area contributed by atoms with Crippen molar-refractivity contribution in [1.82, 2.24) is 9.62 Å². The summed E-state index contributed by atoms with van der Waals surface area (Å²) in [4.78, 5) is 12.5. The van der Waals surface area contributed by atoms with Gasteiger partial charge >= 0.3 is 0 Å². The summed E-state index contributed by atoms with van der Waals surface area (Å²) < 4.78 is 32.2. The highest BCUT2D eigenvalue weighted by Gasteiger charge is 2.23. The van der Waals surface area contributed by atoms with Crippen LogP contribution in [0.25, 0.3) is 0 Å². The SMILES string of the molecule is CCN(CC)S(=O)(=O)c1ccc(OC)c(NCC(=O)N[C@@H](C)c2ccccc2)c1. The minimum atomic E-state index is -3.61. The summed E-state index contributed by atoms with van der Waals surface area (Å²) in [7, 11) is -2.11. The molecule has 2 aromatic carbocycles. The van der Waals surface area contributed by atoms with Crippen molar-refractivity contribution in [2.75, 3.05) is 32.1 Å². The van der Waals surface area contributed by atoms with E-state index in [1.807, 2.05) is 37.3 Å². The molecule has 0 spiro atoms. The number of rotatable bonds is 10. The molecule has 2 rings (SSSR count). The number of ether oxygens (including phenoxy) is 1. The lowest BCUT2D eigenvalue weighted by molar-refractivity contribution is -0.120. The fourth-order valence-electron chi connectivity index (χ4n) is 2.99. The second kappa shape index (κ2) is 10.3. The van der Waals surface area contributed by atoms with Crippen LogP contribution in [0.2, 0.25) is 0 Å². The number of carbonyl (C=O) groups is 1. The largest absolute Gasteiger partial charge is 0.495 e. The van der Waals surface area contributed by atoms with Gasteiger partial charge in [-0.15, -0.1) is 0 Å². The maximum atomic E-state index is 12.8. The van der Waals surface area contributed by atoms with Crippen molar-refractivity contribution in [3.8, 4) is 5.75 Å². The molecule has 0 bridgehead atoms. The van der Waals surface area contributed by atoms with E-state index < -0.39 is 10.0 Å². The molecule has 0 saturated heterocycles. The Balaban J connectivity index is 2.12. The first-order valence-electron chi connectivity index (χ1n) is 9.59. The van der Waals surface area contributed by atoms with Gasteiger partial charge in [-0.2, -0.15) is 4.31 Å². The van der Waals surface area contributed by atoms with E-state index in [0.29, 0.717) is 24.5 Å². The van der Waals surface area contributed by atoms with Gasteiger partial charge < -0.3 is 15.4 Å². The zero-order valence-electron chi connectivity index (χ0n) is 17.3. The molecule has 158 valence electrons. The Hall–Kier alpha value is -2.58. The van der Waals surface area contributed by atoms with Crippen molar-refractivity contribution in [1.29, 1.82) is 0 Å². The Kier molecular flexibility index (Phi) is 8.04. The van der Waals surface area contributed by atoms with Crippen LogP contribution in [-0.4, -0.2) is 45.4 Å². The molecule has 0 heterocycles. The summed E-state index contributed by atoms with van der Waals surface area (Å²) in [5.41, 5.74) is 1.45. The number of amides is 1. The van der Waals surface area contributed by atoms with Crippen LogP contribution in [0.5, 0.6) is 5.75 Å². The van der Waals surface area contributed by atoms with Gasteiger partial charge in [0.05, 0.1) is 30.3 Å². The van der Waals surface area contributed by atoms with Crippen molar-refractivity contribution in [2.45, 2.75) is 31.7 Å². The van der Waals surface area contributed by atoms with Crippen molar-refractivity contribution in [3.63, 3.8) is 0 Å². The average molecular weight is 420 g/mol. The topological polar surface area (TPSA) is 87.7 Å². The molecule has 0 aromatic heterocycles. The van der Waals surface area contributed by atoms with Crippen LogP contribution < -0.4 is 15.4 Å². The molecule has 29 heavy (non-hydrogen) atoms. The number of anilines is 1. The minimum absolute atomic E-state index is 0.0116. The lowest BCUT2D eigenvalue weighted by Crippen LogP contribution is -2.32. The van der Waals surface area contributed by atoms with Crippen LogP contribution in [0.4, 0.5) is 5.69 Å². The number of hydrogen-bond donors (Lipinski definition) is 2. The monoisotopic (exact) mass is 419 g/mol. The van der Waals surface area contributed by atoms with Crippen LogP contribution in [0.3, 0.4) is 0 Å². The molecule has 7 nitrogen and oxygen atoms in total. The van der Waals surface area contributed by atoms with Gasteiger partial charge in [-0.25, -0.2) is 8.42 Å². The highest BCUT2D eigenvalue weighted by atomic mass is 32.2. The molecular formula is C21H29N3O4S. The van der Waals surface area contributed by atoms with Crippen LogP contribution >= 0.6 is 0 Å². The Bertz CT molecular complexity index is 913. The molecule has 0 unspecified atom stereocenters. The first-order valence-corrected chi connectivity index (χ1v) is 11.0. The predicted molar refractivity (Wildman–Crippen MR) is 115 cm³/mol. The maximum Gasteiger partial charge on any atom is 0.243 e. The van der Waals surface area contributed by atoms with Gasteiger partial charge in [-0.05, 0) is 30.7 Å². The van der Waals surface area contributed by atoms with E-state index in [1.54, 1.807) is 19.9 Å². The third kappa shape index (κ3) is 5.71. The molecule has 0 aliphatic rings. The number of hydrogen-bond acceptors (Lipinski definition) is 5. The Morgan fingerprint density at radius 1 is 1.10 bits per heavy atom. The molecule has 0 radical (unpaired) electrons. The van der Waals surface area contributed by atoms with Crippen LogP contribution in [0, 0.1) is 0 Å². The molecule has 0 aliphatic carbocycles. The molecule has 2 aromatic rings. The van der Waals surface area contributed by atoms with E-state index >= 15 is 0 Å². The fraction of sp³-hybridized carbons (Fsp3) is 0.381. The summed E-state index contributed by atoms with van der Waals surface area (Å²) in [5.74, 6) is 0.257. The molecule has 0 aliphatic heterocycles. The quantitative estimate of drug-likeness (QED) is 0.618. The second-order valence-electron chi connectivity index (χ2n) is 6.50. The Morgan fingerprint density at radius 3 is 2.34 bits per heavy atom. The Labute approximate surface area is 173 Å². The molecule has 1 amide bonds. The zero-order valence-corrected chi connectivity index (χ0v) is 18.1. The van der Waals surface area contributed by atoms with Crippen LogP contribution in [-0.2, 0) is 14.8 Å². The minimum Gasteiger partial charge on any atom is -0.495 e. The first kappa shape index (κ1) is 22.7. The van der Waals surface area contributed by atoms with Crippen molar-refractivity contribution < 1.29 is 17.9 Å². The van der Waals surface area contributed by atoms with E-state index in [2.05, 4.69) is 10.6 Å². The molecule has 2 N–H and O–H groups in total. The smallest absolute Gasteiger partial charge is 0.243 e. The third-order valence-corrected chi connectivity index (χ3v) is 6.68. The number of carbonyl (C=O) groups excluding carboxylic acids is 1. The van der Waals surface area contributed by atoms with Gasteiger partial charge in [0.2, 0.25) is 15.9 Å². The van der Waals surface area contributed by atoms with Gasteiger partial charge in [0.1, 0.15) is 5.75 Å². The van der Waals surface area contributed by atoms with Crippen LogP contribution in [0.1, 0.15) is 32.4 Å². The summed E-state index contributed by atoms with van der Waals surface area (Å²) in [6.45, 7) is 6.25. The van der Waals surface area contributed by atoms with Crippen molar-refractivity contribution >= 4 is 21.6 Å². The third-order valence-electron chi connectivity index (χ3n) is 4.63. The van der Waals surface area contributed by atoms with Crippen molar-refractivity contribution in [2.24, 2.45) is 0 Å². The number of methoxy groups -OCH3 is 1. The number of sulfonamides is 1. The van der Waals surface area contributed by atoms with E-state index in [4.69, 9.17) is 4.74 Å². The summed E-state index contributed by atoms with van der Waals surface area (Å²) in [5, 5.41) is 5.90. The number of benzene rings is 2. The molecule has 0 saturated carbocycles. The maximum absolute atomic E-state index is 12.8. The number of nitrogens with one attached hydrogen (secondary N) is 2. The highest BCUT2D eigenvalue weighted by Crippen LogP contribution is 2.28. The molecular weight excluding hydrogens is 390 g/mol. The van der Waals surface area contributed by atoms with Crippen LogP contribution in [0.15, 0.2) is 53.4 Å². The molecule has 8 heteroatoms. The zero-order chi connectivity index (χ0) is 21.4. The predicted octanol–water partition coefficient (Wildman–Crippen LogP) is 3.02. The van der Waals surface area contributed by atoms with E-state index in [0.717, 1.165) is 5.56 Å². The van der Waals surface area contributed by atoms with E-state index in [-0.39, 0.29) is 23.4 Å². The van der Waals surface area contributed by atoms with E-state index in [1.165, 1.54) is 23.5 Å². The van der Waals surface area contributed by atoms with Gasteiger partial charge in [0.15, 0.2) is 0 Å². The highest BCUT2D eigenvalue weighted by molar-refractivity contribution is 7.89. The van der Waals surface area contributed by atoms with Gasteiger partial charge in [0.25, 0.3) is 0 Å². The first-order chi connectivity index (χ1) is 13.8. The number of nitrogens with zero attached hydrogens (tertiary/aromatic N) is 1. The van der Waals surface area contributed by atoms with Gasteiger partial charge in [-0.3, -0.25) is 4.79 Å². The normalized spacial score (nSPS) is 12.4. The van der Waals surface area contributed by atoms with Gasteiger partial charge in [0, 0.05) is 13.1 Å². The van der Waals surface area contributed by atoms with E-state index in [9.17, 15) is 13.2 Å². The molecule has 0 fully saturated rings. The lowest BCUT2D eigenvalue weighted by atomic mass is 10.1. The van der Waals surface area contributed by atoms with Gasteiger partial charge in [-0.1, -0.05) is 44.2 Å². The van der Waals surface area contributed by atoms with Crippen molar-refractivity contribution in [3.05, 3.63) is 54.1 Å². The fourth-order valence-corrected chi connectivity index (χ4v) is 4.48. The summed E-state index contributed by atoms with van der Waals surface area (Å²) in [6, 6.07) is 14.1. The lowest BCUT2D eigenvalue weighted by Gasteiger charge is -2.20. The Morgan fingerprint density at radius 2 is 1.76 bits per heavy atom. The summed E-state index contributed by atoms with van der Waals surface area (Å²) in [6.07, 6.45) is 0. The average Bonchev–Trinajstić information content (AvgIpc) is 2.73. The standard InChI is InChI=1S/C21H29N3O4S/c1-5-24(6-2)29(26,27)18-12-13-20(28-4)19(14-18)22-15-21(25)23-16(3)17-10-8-7-9-11-17/h7-14,16,22H,5-6,15H2,1-4H3,(H,23,25)/t16-/m0/s1. The summed E-state index contributed by atoms with van der Waals surface area (Å²) >= 11 is 0. The molecule has 1 atom stereocenters.